The van der Waals surface area contributed by atoms with Gasteiger partial charge in [0.2, 0.25) is 0 Å². The summed E-state index contributed by atoms with van der Waals surface area (Å²) in [6, 6.07) is 6.99. The first kappa shape index (κ1) is 13.7. The van der Waals surface area contributed by atoms with Crippen molar-refractivity contribution < 1.29 is 17.9 Å². The molecule has 0 aliphatic heterocycles. The molecular formula is C12H13F3N2O2. The molecule has 0 unspecified atom stereocenters. The van der Waals surface area contributed by atoms with Crippen LogP contribution < -0.4 is 5.69 Å². The summed E-state index contributed by atoms with van der Waals surface area (Å²) in [5.74, 6) is 0. The second kappa shape index (κ2) is 5.08. The monoisotopic (exact) mass is 274 g/mol. The van der Waals surface area contributed by atoms with Crippen LogP contribution in [0.2, 0.25) is 0 Å². The van der Waals surface area contributed by atoms with Gasteiger partial charge in [0.05, 0.1) is 24.2 Å². The van der Waals surface area contributed by atoms with E-state index >= 15 is 0 Å². The highest BCUT2D eigenvalue weighted by molar-refractivity contribution is 5.75. The highest BCUT2D eigenvalue weighted by Gasteiger charge is 2.28. The quantitative estimate of drug-likeness (QED) is 0.858. The lowest BCUT2D eigenvalue weighted by atomic mass is 10.3. The molecule has 0 saturated heterocycles. The van der Waals surface area contributed by atoms with E-state index < -0.39 is 13.0 Å². The molecule has 19 heavy (non-hydrogen) atoms. The zero-order chi connectivity index (χ0) is 14.0. The Balaban J connectivity index is 2.33. The van der Waals surface area contributed by atoms with Gasteiger partial charge in [0.25, 0.3) is 0 Å². The highest BCUT2D eigenvalue weighted by atomic mass is 19.4. The zero-order valence-corrected chi connectivity index (χ0v) is 10.3. The van der Waals surface area contributed by atoms with Gasteiger partial charge in [0.15, 0.2) is 0 Å². The number of hydrogen-bond acceptors (Lipinski definition) is 2. The van der Waals surface area contributed by atoms with E-state index in [-0.39, 0.29) is 12.2 Å². The summed E-state index contributed by atoms with van der Waals surface area (Å²) in [6.07, 6.45) is -4.67. The summed E-state index contributed by atoms with van der Waals surface area (Å²) < 4.78 is 42.3. The molecule has 0 fully saturated rings. The molecule has 7 heteroatoms. The van der Waals surface area contributed by atoms with Crippen LogP contribution in [-0.4, -0.2) is 22.1 Å². The summed E-state index contributed by atoms with van der Waals surface area (Å²) in [6.45, 7) is 1.56. The second-order valence-corrected chi connectivity index (χ2v) is 3.96. The van der Waals surface area contributed by atoms with E-state index in [1.807, 2.05) is 6.92 Å². The number of aryl methyl sites for hydroxylation is 1. The second-order valence-electron chi connectivity index (χ2n) is 3.96. The van der Waals surface area contributed by atoms with Gasteiger partial charge < -0.3 is 0 Å². The number of rotatable bonds is 4. The molecular weight excluding hydrogens is 261 g/mol. The normalized spacial score (nSPS) is 12.2. The fourth-order valence-electron chi connectivity index (χ4n) is 2.05. The van der Waals surface area contributed by atoms with Gasteiger partial charge in [-0.15, -0.1) is 13.2 Å². The van der Waals surface area contributed by atoms with Crippen molar-refractivity contribution in [2.45, 2.75) is 26.4 Å². The third kappa shape index (κ3) is 2.81. The summed E-state index contributed by atoms with van der Waals surface area (Å²) in [5, 5.41) is 0. The minimum absolute atomic E-state index is 0.133. The lowest BCUT2D eigenvalue weighted by molar-refractivity contribution is -0.325. The number of halogens is 3. The SMILES string of the molecule is CCn1c(=O)n(CCOC(F)(F)F)c2ccccc21. The van der Waals surface area contributed by atoms with E-state index in [0.29, 0.717) is 17.6 Å². The van der Waals surface area contributed by atoms with E-state index in [1.54, 1.807) is 24.3 Å². The van der Waals surface area contributed by atoms with Crippen molar-refractivity contribution in [3.05, 3.63) is 34.7 Å². The smallest absolute Gasteiger partial charge is 0.292 e. The van der Waals surface area contributed by atoms with Crippen molar-refractivity contribution in [2.75, 3.05) is 6.61 Å². The van der Waals surface area contributed by atoms with Crippen LogP contribution in [-0.2, 0) is 17.8 Å². The van der Waals surface area contributed by atoms with Crippen molar-refractivity contribution in [3.63, 3.8) is 0 Å². The van der Waals surface area contributed by atoms with Crippen LogP contribution in [0, 0.1) is 0 Å². The molecule has 104 valence electrons. The van der Waals surface area contributed by atoms with Gasteiger partial charge in [0.1, 0.15) is 0 Å². The molecule has 0 spiro atoms. The number of imidazole rings is 1. The van der Waals surface area contributed by atoms with Crippen LogP contribution in [0.4, 0.5) is 13.2 Å². The maximum absolute atomic E-state index is 12.1. The third-order valence-corrected chi connectivity index (χ3v) is 2.82. The Bertz CT molecular complexity index is 628. The Morgan fingerprint density at radius 3 is 2.26 bits per heavy atom. The van der Waals surface area contributed by atoms with Gasteiger partial charge in [-0.1, -0.05) is 12.1 Å². The van der Waals surface area contributed by atoms with Crippen molar-refractivity contribution in [1.82, 2.24) is 9.13 Å². The number of aromatic nitrogens is 2. The number of hydrogen-bond donors (Lipinski definition) is 0. The summed E-state index contributed by atoms with van der Waals surface area (Å²) in [4.78, 5) is 12.1. The number of fused-ring (bicyclic) bond motifs is 1. The van der Waals surface area contributed by atoms with Crippen LogP contribution in [0.25, 0.3) is 11.0 Å². The Labute approximate surface area is 107 Å². The predicted molar refractivity (Wildman–Crippen MR) is 63.9 cm³/mol. The van der Waals surface area contributed by atoms with E-state index in [4.69, 9.17) is 0 Å². The lowest BCUT2D eigenvalue weighted by Crippen LogP contribution is -2.26. The average Bonchev–Trinajstić information content (AvgIpc) is 2.61. The molecule has 1 aromatic carbocycles. The standard InChI is InChI=1S/C12H13F3N2O2/c1-2-16-9-5-3-4-6-10(9)17(11(16)18)7-8-19-12(13,14)15/h3-6H,2,7-8H2,1H3. The number of alkyl halides is 3. The topological polar surface area (TPSA) is 36.2 Å². The van der Waals surface area contributed by atoms with E-state index in [2.05, 4.69) is 4.74 Å². The molecule has 0 radical (unpaired) electrons. The minimum Gasteiger partial charge on any atom is -0.292 e. The Morgan fingerprint density at radius 1 is 1.16 bits per heavy atom. The van der Waals surface area contributed by atoms with Crippen molar-refractivity contribution in [3.8, 4) is 0 Å². The molecule has 2 rings (SSSR count). The minimum atomic E-state index is -4.67. The van der Waals surface area contributed by atoms with Crippen LogP contribution in [0.1, 0.15) is 6.92 Å². The average molecular weight is 274 g/mol. The van der Waals surface area contributed by atoms with E-state index in [9.17, 15) is 18.0 Å². The summed E-state index contributed by atoms with van der Waals surface area (Å²) >= 11 is 0. The molecule has 0 bridgehead atoms. The van der Waals surface area contributed by atoms with Crippen LogP contribution in [0.5, 0.6) is 0 Å². The summed E-state index contributed by atoms with van der Waals surface area (Å²) in [5.41, 5.74) is 0.997. The predicted octanol–water partition coefficient (Wildman–Crippen LogP) is 2.36. The van der Waals surface area contributed by atoms with E-state index in [0.717, 1.165) is 0 Å². The zero-order valence-electron chi connectivity index (χ0n) is 10.3. The number of nitrogens with zero attached hydrogens (tertiary/aromatic N) is 2. The molecule has 0 amide bonds. The number of ether oxygens (including phenoxy) is 1. The molecule has 0 saturated carbocycles. The van der Waals surface area contributed by atoms with Crippen LogP contribution >= 0.6 is 0 Å². The molecule has 0 aliphatic rings. The largest absolute Gasteiger partial charge is 0.522 e. The first-order valence-electron chi connectivity index (χ1n) is 5.83. The first-order chi connectivity index (χ1) is 8.94. The molecule has 1 aromatic heterocycles. The molecule has 0 N–H and O–H groups in total. The van der Waals surface area contributed by atoms with Crippen molar-refractivity contribution in [1.29, 1.82) is 0 Å². The van der Waals surface area contributed by atoms with Crippen LogP contribution in [0.15, 0.2) is 29.1 Å². The lowest BCUT2D eigenvalue weighted by Gasteiger charge is -2.07. The Morgan fingerprint density at radius 2 is 1.74 bits per heavy atom. The van der Waals surface area contributed by atoms with Gasteiger partial charge in [-0.3, -0.25) is 13.9 Å². The Hall–Kier alpha value is -1.76. The van der Waals surface area contributed by atoms with Gasteiger partial charge in [-0.05, 0) is 19.1 Å². The third-order valence-electron chi connectivity index (χ3n) is 2.82. The molecule has 4 nitrogen and oxygen atoms in total. The molecule has 0 aliphatic carbocycles. The van der Waals surface area contributed by atoms with Gasteiger partial charge in [-0.25, -0.2) is 4.79 Å². The summed E-state index contributed by atoms with van der Waals surface area (Å²) in [7, 11) is 0. The fraction of sp³-hybridized carbons (Fsp3) is 0.417. The van der Waals surface area contributed by atoms with Gasteiger partial charge >= 0.3 is 12.1 Å². The van der Waals surface area contributed by atoms with Gasteiger partial charge in [-0.2, -0.15) is 0 Å². The van der Waals surface area contributed by atoms with E-state index in [1.165, 1.54) is 9.13 Å². The Kier molecular flexibility index (Phi) is 3.66. The molecule has 0 atom stereocenters. The molecule has 1 heterocycles. The van der Waals surface area contributed by atoms with Gasteiger partial charge in [0, 0.05) is 6.54 Å². The number of para-hydroxylation sites is 2. The fourth-order valence-corrected chi connectivity index (χ4v) is 2.05. The van der Waals surface area contributed by atoms with Crippen molar-refractivity contribution >= 4 is 11.0 Å². The van der Waals surface area contributed by atoms with Crippen molar-refractivity contribution in [2.24, 2.45) is 0 Å². The molecule has 2 aromatic rings. The first-order valence-corrected chi connectivity index (χ1v) is 5.83. The highest BCUT2D eigenvalue weighted by Crippen LogP contribution is 2.17. The maximum Gasteiger partial charge on any atom is 0.522 e. The maximum atomic E-state index is 12.1. The number of benzene rings is 1. The van der Waals surface area contributed by atoms with Crippen LogP contribution in [0.3, 0.4) is 0 Å².